The second kappa shape index (κ2) is 11.2. The van der Waals surface area contributed by atoms with Crippen LogP contribution in [0.5, 0.6) is 0 Å². The van der Waals surface area contributed by atoms with E-state index in [9.17, 15) is 0 Å². The van der Waals surface area contributed by atoms with Gasteiger partial charge in [0.05, 0.1) is 31.5 Å². The SMILES string of the molecule is CCNC(=NCc1c(CC)noc1CC)NCC(c1ccc(C)o1)N1CCOCC1. The number of aryl methyl sites for hydroxylation is 3. The van der Waals surface area contributed by atoms with Gasteiger partial charge in [0.1, 0.15) is 17.3 Å². The number of guanidine groups is 1. The smallest absolute Gasteiger partial charge is 0.191 e. The maximum atomic E-state index is 5.97. The van der Waals surface area contributed by atoms with Gasteiger partial charge in [-0.25, -0.2) is 4.99 Å². The van der Waals surface area contributed by atoms with Gasteiger partial charge in [0.15, 0.2) is 5.96 Å². The summed E-state index contributed by atoms with van der Waals surface area (Å²) < 4.78 is 17.0. The summed E-state index contributed by atoms with van der Waals surface area (Å²) in [7, 11) is 0. The maximum Gasteiger partial charge on any atom is 0.191 e. The fourth-order valence-corrected chi connectivity index (χ4v) is 3.74. The Labute approximate surface area is 179 Å². The minimum absolute atomic E-state index is 0.124. The van der Waals surface area contributed by atoms with E-state index in [-0.39, 0.29) is 6.04 Å². The van der Waals surface area contributed by atoms with Crippen LogP contribution >= 0.6 is 0 Å². The fourth-order valence-electron chi connectivity index (χ4n) is 3.74. The molecule has 166 valence electrons. The molecule has 0 amide bonds. The molecule has 2 N–H and O–H groups in total. The van der Waals surface area contributed by atoms with Crippen LogP contribution in [-0.4, -0.2) is 55.4 Å². The number of furan rings is 1. The molecule has 1 aliphatic rings. The Morgan fingerprint density at radius 2 is 1.97 bits per heavy atom. The largest absolute Gasteiger partial charge is 0.465 e. The molecular weight excluding hydrogens is 382 g/mol. The lowest BCUT2D eigenvalue weighted by Gasteiger charge is -2.33. The number of aromatic nitrogens is 1. The molecule has 2 aromatic heterocycles. The quantitative estimate of drug-likeness (QED) is 0.479. The predicted octanol–water partition coefficient (Wildman–Crippen LogP) is 2.83. The van der Waals surface area contributed by atoms with Crippen molar-refractivity contribution in [2.45, 2.75) is 53.1 Å². The van der Waals surface area contributed by atoms with Crippen LogP contribution < -0.4 is 10.6 Å². The van der Waals surface area contributed by atoms with Gasteiger partial charge in [-0.05, 0) is 32.4 Å². The summed E-state index contributed by atoms with van der Waals surface area (Å²) in [6, 6.07) is 4.21. The van der Waals surface area contributed by atoms with Gasteiger partial charge in [-0.1, -0.05) is 19.0 Å². The average Bonchev–Trinajstić information content (AvgIpc) is 3.38. The van der Waals surface area contributed by atoms with Crippen LogP contribution in [-0.2, 0) is 24.1 Å². The molecule has 0 spiro atoms. The molecule has 1 aliphatic heterocycles. The Hall–Kier alpha value is -2.32. The predicted molar refractivity (Wildman–Crippen MR) is 117 cm³/mol. The lowest BCUT2D eigenvalue weighted by Crippen LogP contribution is -2.46. The van der Waals surface area contributed by atoms with Gasteiger partial charge < -0.3 is 24.3 Å². The molecule has 3 rings (SSSR count). The van der Waals surface area contributed by atoms with Crippen molar-refractivity contribution in [3.05, 3.63) is 40.7 Å². The van der Waals surface area contributed by atoms with Gasteiger partial charge in [-0.2, -0.15) is 0 Å². The minimum atomic E-state index is 0.124. The second-order valence-corrected chi connectivity index (χ2v) is 7.43. The zero-order chi connectivity index (χ0) is 21.3. The molecule has 8 heteroatoms. The summed E-state index contributed by atoms with van der Waals surface area (Å²) in [4.78, 5) is 7.22. The van der Waals surface area contributed by atoms with Gasteiger partial charge in [-0.15, -0.1) is 0 Å². The molecule has 3 heterocycles. The van der Waals surface area contributed by atoms with Crippen molar-refractivity contribution >= 4 is 5.96 Å². The highest BCUT2D eigenvalue weighted by molar-refractivity contribution is 5.79. The highest BCUT2D eigenvalue weighted by atomic mass is 16.5. The van der Waals surface area contributed by atoms with E-state index >= 15 is 0 Å². The number of hydrogen-bond donors (Lipinski definition) is 2. The van der Waals surface area contributed by atoms with Crippen LogP contribution in [0.15, 0.2) is 26.1 Å². The third kappa shape index (κ3) is 5.64. The van der Waals surface area contributed by atoms with Gasteiger partial charge in [-0.3, -0.25) is 4.90 Å². The van der Waals surface area contributed by atoms with Crippen molar-refractivity contribution in [3.63, 3.8) is 0 Å². The van der Waals surface area contributed by atoms with Crippen LogP contribution in [0.4, 0.5) is 0 Å². The standard InChI is InChI=1S/C22H35N5O3/c1-5-18-17(20(6-2)30-26-18)14-24-22(23-7-3)25-15-19(21-9-8-16(4)29-21)27-10-12-28-13-11-27/h8-9,19H,5-7,10-15H2,1-4H3,(H2,23,24,25). The normalized spacial score (nSPS) is 16.6. The molecule has 8 nitrogen and oxygen atoms in total. The summed E-state index contributed by atoms with van der Waals surface area (Å²) in [6.07, 6.45) is 1.66. The molecule has 1 unspecified atom stereocenters. The Kier molecular flexibility index (Phi) is 8.33. The maximum absolute atomic E-state index is 5.97. The van der Waals surface area contributed by atoms with E-state index in [1.807, 2.05) is 13.0 Å². The van der Waals surface area contributed by atoms with Gasteiger partial charge in [0.2, 0.25) is 0 Å². The molecule has 2 aromatic rings. The van der Waals surface area contributed by atoms with E-state index in [2.05, 4.69) is 47.5 Å². The minimum Gasteiger partial charge on any atom is -0.465 e. The Morgan fingerprint density at radius 3 is 2.60 bits per heavy atom. The molecule has 30 heavy (non-hydrogen) atoms. The number of morpholine rings is 1. The molecule has 1 fully saturated rings. The van der Waals surface area contributed by atoms with E-state index in [0.29, 0.717) is 13.1 Å². The van der Waals surface area contributed by atoms with E-state index in [1.54, 1.807) is 0 Å². The Balaban J connectivity index is 1.72. The van der Waals surface area contributed by atoms with Crippen LogP contribution in [0.2, 0.25) is 0 Å². The first-order valence-corrected chi connectivity index (χ1v) is 11.0. The molecule has 0 saturated carbocycles. The lowest BCUT2D eigenvalue weighted by atomic mass is 10.1. The molecule has 1 saturated heterocycles. The molecule has 0 radical (unpaired) electrons. The van der Waals surface area contributed by atoms with Crippen LogP contribution in [0.1, 0.15) is 55.4 Å². The summed E-state index contributed by atoms with van der Waals surface area (Å²) in [5, 5.41) is 11.0. The molecule has 0 bridgehead atoms. The number of nitrogens with one attached hydrogen (secondary N) is 2. The summed E-state index contributed by atoms with van der Waals surface area (Å²) in [6.45, 7) is 13.5. The van der Waals surface area contributed by atoms with E-state index in [0.717, 1.165) is 80.2 Å². The molecule has 0 aromatic carbocycles. The third-order valence-electron chi connectivity index (χ3n) is 5.39. The Morgan fingerprint density at radius 1 is 1.17 bits per heavy atom. The Bertz CT molecular complexity index is 786. The molecule has 0 aliphatic carbocycles. The second-order valence-electron chi connectivity index (χ2n) is 7.43. The zero-order valence-electron chi connectivity index (χ0n) is 18.7. The lowest BCUT2D eigenvalue weighted by molar-refractivity contribution is 0.0124. The number of ether oxygens (including phenoxy) is 1. The van der Waals surface area contributed by atoms with Crippen LogP contribution in [0.25, 0.3) is 0 Å². The third-order valence-corrected chi connectivity index (χ3v) is 5.39. The number of aliphatic imine (C=N–C) groups is 1. The van der Waals surface area contributed by atoms with Crippen molar-refractivity contribution in [1.29, 1.82) is 0 Å². The van der Waals surface area contributed by atoms with Crippen molar-refractivity contribution in [2.24, 2.45) is 4.99 Å². The first-order valence-electron chi connectivity index (χ1n) is 11.0. The average molecular weight is 418 g/mol. The van der Waals surface area contributed by atoms with E-state index in [4.69, 9.17) is 18.7 Å². The van der Waals surface area contributed by atoms with Crippen molar-refractivity contribution in [2.75, 3.05) is 39.4 Å². The molecule has 1 atom stereocenters. The topological polar surface area (TPSA) is 88.1 Å². The van der Waals surface area contributed by atoms with E-state index in [1.165, 1.54) is 0 Å². The van der Waals surface area contributed by atoms with Gasteiger partial charge in [0, 0.05) is 38.2 Å². The summed E-state index contributed by atoms with van der Waals surface area (Å²) in [5.41, 5.74) is 2.09. The van der Waals surface area contributed by atoms with Crippen molar-refractivity contribution in [1.82, 2.24) is 20.7 Å². The van der Waals surface area contributed by atoms with Gasteiger partial charge >= 0.3 is 0 Å². The zero-order valence-corrected chi connectivity index (χ0v) is 18.7. The van der Waals surface area contributed by atoms with Crippen molar-refractivity contribution in [3.8, 4) is 0 Å². The first-order chi connectivity index (χ1) is 14.7. The molecular formula is C22H35N5O3. The van der Waals surface area contributed by atoms with E-state index < -0.39 is 0 Å². The highest BCUT2D eigenvalue weighted by Gasteiger charge is 2.25. The van der Waals surface area contributed by atoms with Crippen molar-refractivity contribution < 1.29 is 13.7 Å². The summed E-state index contributed by atoms with van der Waals surface area (Å²) in [5.74, 6) is 3.60. The fraction of sp³-hybridized carbons (Fsp3) is 0.636. The first kappa shape index (κ1) is 22.4. The highest BCUT2D eigenvalue weighted by Crippen LogP contribution is 2.23. The number of hydrogen-bond acceptors (Lipinski definition) is 6. The van der Waals surface area contributed by atoms with Crippen LogP contribution in [0, 0.1) is 6.92 Å². The van der Waals surface area contributed by atoms with Crippen LogP contribution in [0.3, 0.4) is 0 Å². The number of nitrogens with zero attached hydrogens (tertiary/aromatic N) is 3. The monoisotopic (exact) mass is 417 g/mol. The van der Waals surface area contributed by atoms with Gasteiger partial charge in [0.25, 0.3) is 0 Å². The summed E-state index contributed by atoms with van der Waals surface area (Å²) >= 11 is 0. The number of rotatable bonds is 9.